The molecule has 0 aliphatic carbocycles. The van der Waals surface area contributed by atoms with Gasteiger partial charge in [-0.05, 0) is 25.0 Å². The molecule has 1 aliphatic heterocycles. The molecule has 1 heterocycles. The van der Waals surface area contributed by atoms with E-state index in [2.05, 4.69) is 11.9 Å². The van der Waals surface area contributed by atoms with E-state index in [9.17, 15) is 19.5 Å². The lowest BCUT2D eigenvalue weighted by molar-refractivity contribution is -0.138. The third kappa shape index (κ3) is 6.17. The van der Waals surface area contributed by atoms with Gasteiger partial charge in [0.05, 0.1) is 0 Å². The molecule has 0 aromatic carbocycles. The van der Waals surface area contributed by atoms with E-state index in [0.717, 1.165) is 0 Å². The average Bonchev–Trinajstić information content (AvgIpc) is 2.67. The molecule has 0 unspecified atom stereocenters. The Kier molecular flexibility index (Phi) is 7.45. The zero-order valence-electron chi connectivity index (χ0n) is 14.0. The van der Waals surface area contributed by atoms with Crippen molar-refractivity contribution in [2.24, 2.45) is 0 Å². The van der Waals surface area contributed by atoms with Gasteiger partial charge in [-0.1, -0.05) is 18.7 Å². The van der Waals surface area contributed by atoms with Crippen molar-refractivity contribution in [1.29, 1.82) is 0 Å². The number of aliphatic carboxylic acids is 1. The zero-order valence-corrected chi connectivity index (χ0v) is 14.0. The van der Waals surface area contributed by atoms with Gasteiger partial charge in [0.1, 0.15) is 23.6 Å². The first-order valence-electron chi connectivity index (χ1n) is 7.68. The van der Waals surface area contributed by atoms with Gasteiger partial charge in [-0.25, -0.2) is 0 Å². The summed E-state index contributed by atoms with van der Waals surface area (Å²) in [4.78, 5) is 36.6. The molecule has 0 aromatic heterocycles. The van der Waals surface area contributed by atoms with Gasteiger partial charge in [0, 0.05) is 19.5 Å². The highest BCUT2D eigenvalue weighted by Gasteiger charge is 2.30. The molecule has 0 atom stereocenters. The third-order valence-corrected chi connectivity index (χ3v) is 3.49. The fraction of sp³-hybridized carbons (Fsp3) is 0.353. The second kappa shape index (κ2) is 9.31. The minimum absolute atomic E-state index is 0.132. The number of nitrogens with one attached hydrogen (secondary N) is 1. The maximum atomic E-state index is 12.6. The largest absolute Gasteiger partial charge is 0.511 e. The van der Waals surface area contributed by atoms with Crippen LogP contribution in [-0.4, -0.2) is 57.6 Å². The Morgan fingerprint density at radius 3 is 2.56 bits per heavy atom. The molecule has 136 valence electrons. The van der Waals surface area contributed by atoms with Crippen LogP contribution < -0.4 is 5.32 Å². The summed E-state index contributed by atoms with van der Waals surface area (Å²) in [6, 6.07) is 0. The molecule has 0 saturated carbocycles. The highest BCUT2D eigenvalue weighted by atomic mass is 16.4. The van der Waals surface area contributed by atoms with E-state index in [0.29, 0.717) is 18.5 Å². The van der Waals surface area contributed by atoms with E-state index < -0.39 is 29.9 Å². The van der Waals surface area contributed by atoms with E-state index >= 15 is 0 Å². The lowest BCUT2D eigenvalue weighted by atomic mass is 10.1. The smallest absolute Gasteiger partial charge is 0.322 e. The van der Waals surface area contributed by atoms with Crippen LogP contribution in [0.15, 0.2) is 47.5 Å². The summed E-state index contributed by atoms with van der Waals surface area (Å²) >= 11 is 0. The number of amides is 2. The molecule has 4 N–H and O–H groups in total. The second-order valence-electron chi connectivity index (χ2n) is 5.42. The Labute approximate surface area is 145 Å². The Morgan fingerprint density at radius 1 is 1.32 bits per heavy atom. The molecule has 1 aliphatic rings. The first-order chi connectivity index (χ1) is 11.8. The van der Waals surface area contributed by atoms with E-state index in [1.807, 2.05) is 0 Å². The fourth-order valence-corrected chi connectivity index (χ4v) is 2.23. The molecule has 0 spiro atoms. The Balaban J connectivity index is 2.97. The molecule has 8 heteroatoms. The molecule has 0 saturated heterocycles. The van der Waals surface area contributed by atoms with Crippen molar-refractivity contribution < 1.29 is 29.7 Å². The molecule has 1 rings (SSSR count). The van der Waals surface area contributed by atoms with Crippen LogP contribution in [0, 0.1) is 0 Å². The quantitative estimate of drug-likeness (QED) is 0.310. The summed E-state index contributed by atoms with van der Waals surface area (Å²) in [5.74, 6) is -3.33. The molecular formula is C17H22N2O6. The van der Waals surface area contributed by atoms with Crippen LogP contribution in [0.25, 0.3) is 0 Å². The number of aliphatic hydroxyl groups excluding tert-OH is 2. The van der Waals surface area contributed by atoms with Gasteiger partial charge < -0.3 is 25.5 Å². The van der Waals surface area contributed by atoms with Gasteiger partial charge in [-0.3, -0.25) is 14.4 Å². The lowest BCUT2D eigenvalue weighted by Crippen LogP contribution is -2.40. The van der Waals surface area contributed by atoms with Crippen LogP contribution in [0.5, 0.6) is 0 Å². The maximum absolute atomic E-state index is 12.6. The van der Waals surface area contributed by atoms with Gasteiger partial charge in [0.15, 0.2) is 0 Å². The van der Waals surface area contributed by atoms with E-state index in [1.54, 1.807) is 19.1 Å². The SMILES string of the molecule is C=C(O)/C=C\C(=C/C)CN1CCCC(O)=C(C(=O)NCC(=O)O)C1=O. The number of carboxylic acids is 1. The van der Waals surface area contributed by atoms with Crippen LogP contribution in [0.1, 0.15) is 19.8 Å². The first-order valence-corrected chi connectivity index (χ1v) is 7.68. The highest BCUT2D eigenvalue weighted by molar-refractivity contribution is 6.19. The highest BCUT2D eigenvalue weighted by Crippen LogP contribution is 2.19. The number of rotatable bonds is 7. The van der Waals surface area contributed by atoms with Crippen molar-refractivity contribution in [3.05, 3.63) is 47.5 Å². The van der Waals surface area contributed by atoms with Crippen molar-refractivity contribution in [2.75, 3.05) is 19.6 Å². The Morgan fingerprint density at radius 2 is 2.00 bits per heavy atom. The summed E-state index contributed by atoms with van der Waals surface area (Å²) in [5, 5.41) is 29.8. The molecule has 0 aromatic rings. The van der Waals surface area contributed by atoms with E-state index in [4.69, 9.17) is 10.2 Å². The molecule has 2 amide bonds. The minimum Gasteiger partial charge on any atom is -0.511 e. The van der Waals surface area contributed by atoms with E-state index in [-0.39, 0.29) is 24.5 Å². The van der Waals surface area contributed by atoms with Crippen LogP contribution in [0.2, 0.25) is 0 Å². The molecule has 25 heavy (non-hydrogen) atoms. The van der Waals surface area contributed by atoms with Crippen molar-refractivity contribution >= 4 is 17.8 Å². The Hall–Kier alpha value is -3.03. The summed E-state index contributed by atoms with van der Waals surface area (Å²) in [7, 11) is 0. The van der Waals surface area contributed by atoms with Crippen LogP contribution in [0.4, 0.5) is 0 Å². The predicted molar refractivity (Wildman–Crippen MR) is 90.8 cm³/mol. The number of allylic oxidation sites excluding steroid dienone is 3. The molecule has 8 nitrogen and oxygen atoms in total. The van der Waals surface area contributed by atoms with Crippen LogP contribution >= 0.6 is 0 Å². The summed E-state index contributed by atoms with van der Waals surface area (Å²) in [5.41, 5.74) is 0.264. The zero-order chi connectivity index (χ0) is 19.0. The number of aliphatic hydroxyl groups is 2. The van der Waals surface area contributed by atoms with E-state index in [1.165, 1.54) is 11.0 Å². The van der Waals surface area contributed by atoms with Gasteiger partial charge >= 0.3 is 5.97 Å². The number of hydrogen-bond acceptors (Lipinski definition) is 5. The number of hydrogen-bond donors (Lipinski definition) is 4. The molecule has 0 bridgehead atoms. The number of carboxylic acid groups (broad SMARTS) is 1. The Bertz CT molecular complexity index is 660. The second-order valence-corrected chi connectivity index (χ2v) is 5.42. The minimum atomic E-state index is -1.25. The van der Waals surface area contributed by atoms with Crippen molar-refractivity contribution in [3.8, 4) is 0 Å². The summed E-state index contributed by atoms with van der Waals surface area (Å²) in [6.07, 6.45) is 5.32. The van der Waals surface area contributed by atoms with Gasteiger partial charge in [0.25, 0.3) is 11.8 Å². The summed E-state index contributed by atoms with van der Waals surface area (Å²) in [6.45, 7) is 4.94. The topological polar surface area (TPSA) is 127 Å². The number of carbonyl (C=O) groups is 3. The maximum Gasteiger partial charge on any atom is 0.322 e. The normalized spacial score (nSPS) is 16.1. The first kappa shape index (κ1) is 20.0. The number of nitrogens with zero attached hydrogens (tertiary/aromatic N) is 1. The van der Waals surface area contributed by atoms with Crippen LogP contribution in [-0.2, 0) is 14.4 Å². The van der Waals surface area contributed by atoms with Gasteiger partial charge in [-0.15, -0.1) is 0 Å². The standard InChI is InChI=1S/C17H22N2O6/c1-3-12(7-6-11(2)20)10-19-8-4-5-13(21)15(17(19)25)16(24)18-9-14(22)23/h3,6-7,20-21H,2,4-5,8-10H2,1H3,(H,18,24)(H,22,23)/b7-6-,12-3+. The van der Waals surface area contributed by atoms with Crippen LogP contribution in [0.3, 0.4) is 0 Å². The predicted octanol–water partition coefficient (Wildman–Crippen LogP) is 1.20. The van der Waals surface area contributed by atoms with Gasteiger partial charge in [-0.2, -0.15) is 0 Å². The van der Waals surface area contributed by atoms with Crippen molar-refractivity contribution in [3.63, 3.8) is 0 Å². The third-order valence-electron chi connectivity index (χ3n) is 3.49. The van der Waals surface area contributed by atoms with Crippen molar-refractivity contribution in [2.45, 2.75) is 19.8 Å². The molecule has 0 radical (unpaired) electrons. The fourth-order valence-electron chi connectivity index (χ4n) is 2.23. The summed E-state index contributed by atoms with van der Waals surface area (Å²) < 4.78 is 0. The molecule has 0 fully saturated rings. The monoisotopic (exact) mass is 350 g/mol. The van der Waals surface area contributed by atoms with Gasteiger partial charge in [0.2, 0.25) is 0 Å². The molecular weight excluding hydrogens is 328 g/mol. The lowest BCUT2D eigenvalue weighted by Gasteiger charge is -2.22. The van der Waals surface area contributed by atoms with Crippen molar-refractivity contribution in [1.82, 2.24) is 10.2 Å². The average molecular weight is 350 g/mol. The number of carbonyl (C=O) groups excluding carboxylic acids is 2.